The number of Topliss-reactive ketones (excluding diaryl/α,β-unsaturated/α-hetero) is 1. The zero-order valence-electron chi connectivity index (χ0n) is 12.2. The molecule has 1 amide bonds. The lowest BCUT2D eigenvalue weighted by molar-refractivity contribution is -0.118. The average Bonchev–Trinajstić information content (AvgIpc) is 2.39. The molecule has 1 N–H and O–H groups in total. The summed E-state index contributed by atoms with van der Waals surface area (Å²) in [6.45, 7) is 7.52. The summed E-state index contributed by atoms with van der Waals surface area (Å²) in [5, 5.41) is 2.19. The molecule has 0 fully saturated rings. The van der Waals surface area contributed by atoms with Crippen LogP contribution in [0.4, 0.5) is 5.69 Å². The predicted molar refractivity (Wildman–Crippen MR) is 80.7 cm³/mol. The van der Waals surface area contributed by atoms with Crippen molar-refractivity contribution in [2.75, 3.05) is 11.9 Å². The van der Waals surface area contributed by atoms with Gasteiger partial charge in [-0.2, -0.15) is 0 Å². The summed E-state index contributed by atoms with van der Waals surface area (Å²) in [6, 6.07) is 4.91. The van der Waals surface area contributed by atoms with Gasteiger partial charge in [-0.15, -0.1) is 11.6 Å². The fourth-order valence-electron chi connectivity index (χ4n) is 1.56. The Hall–Kier alpha value is -1.55. The summed E-state index contributed by atoms with van der Waals surface area (Å²) < 4.78 is 5.48. The summed E-state index contributed by atoms with van der Waals surface area (Å²) in [4.78, 5) is 23.6. The number of ketones is 1. The van der Waals surface area contributed by atoms with Crippen molar-refractivity contribution in [1.29, 1.82) is 0 Å². The lowest BCUT2D eigenvalue weighted by Gasteiger charge is -2.14. The number of carbonyl (C=O) groups is 2. The normalized spacial score (nSPS) is 12.1. The molecule has 0 heterocycles. The maximum atomic E-state index is 11.9. The molecule has 0 spiro atoms. The van der Waals surface area contributed by atoms with Gasteiger partial charge in [0.2, 0.25) is 5.91 Å². The van der Waals surface area contributed by atoms with Gasteiger partial charge in [0.05, 0.1) is 17.7 Å². The van der Waals surface area contributed by atoms with Crippen LogP contribution < -0.4 is 10.1 Å². The fourth-order valence-corrected chi connectivity index (χ4v) is 1.69. The first-order chi connectivity index (χ1) is 9.36. The van der Waals surface area contributed by atoms with E-state index in [2.05, 4.69) is 5.32 Å². The minimum Gasteiger partial charge on any atom is -0.492 e. The summed E-state index contributed by atoms with van der Waals surface area (Å²) in [7, 11) is 0. The monoisotopic (exact) mass is 297 g/mol. The number of hydrogen-bond acceptors (Lipinski definition) is 3. The molecule has 5 heteroatoms. The molecule has 4 nitrogen and oxygen atoms in total. The van der Waals surface area contributed by atoms with E-state index < -0.39 is 5.38 Å². The molecule has 0 bridgehead atoms. The molecule has 0 saturated heterocycles. The second kappa shape index (κ2) is 7.29. The van der Waals surface area contributed by atoms with Gasteiger partial charge in [-0.3, -0.25) is 9.59 Å². The van der Waals surface area contributed by atoms with E-state index >= 15 is 0 Å². The molecule has 0 aliphatic carbocycles. The minimum atomic E-state index is -0.597. The van der Waals surface area contributed by atoms with E-state index in [1.807, 2.05) is 20.8 Å². The first-order valence-corrected chi connectivity index (χ1v) is 7.06. The lowest BCUT2D eigenvalue weighted by atomic mass is 10.1. The van der Waals surface area contributed by atoms with Gasteiger partial charge in [0.15, 0.2) is 5.78 Å². The van der Waals surface area contributed by atoms with Crippen LogP contribution in [-0.2, 0) is 4.79 Å². The molecule has 20 heavy (non-hydrogen) atoms. The highest BCUT2D eigenvalue weighted by Gasteiger charge is 2.16. The number of alkyl halides is 1. The highest BCUT2D eigenvalue weighted by atomic mass is 35.5. The molecule has 110 valence electrons. The second-order valence-electron chi connectivity index (χ2n) is 4.77. The first kappa shape index (κ1) is 16.5. The summed E-state index contributed by atoms with van der Waals surface area (Å²) in [5.74, 6) is 0.0726. The number of amides is 1. The van der Waals surface area contributed by atoms with E-state index in [0.717, 1.165) is 0 Å². The third-order valence-corrected chi connectivity index (χ3v) is 2.91. The summed E-state index contributed by atoms with van der Waals surface area (Å²) >= 11 is 5.80. The van der Waals surface area contributed by atoms with Crippen molar-refractivity contribution < 1.29 is 14.3 Å². The number of hydrogen-bond donors (Lipinski definition) is 1. The Bertz CT molecular complexity index is 498. The van der Waals surface area contributed by atoms with Crippen LogP contribution >= 0.6 is 11.6 Å². The maximum absolute atomic E-state index is 11.9. The molecule has 0 radical (unpaired) electrons. The molecule has 0 aromatic heterocycles. The van der Waals surface area contributed by atoms with Crippen LogP contribution in [0.25, 0.3) is 0 Å². The number of ether oxygens (including phenoxy) is 1. The van der Waals surface area contributed by atoms with Crippen molar-refractivity contribution in [3.8, 4) is 5.75 Å². The van der Waals surface area contributed by atoms with Crippen molar-refractivity contribution in [1.82, 2.24) is 0 Å². The van der Waals surface area contributed by atoms with E-state index in [1.54, 1.807) is 25.1 Å². The number of carbonyl (C=O) groups excluding carboxylic acids is 2. The Kier molecular flexibility index (Phi) is 6.02. The highest BCUT2D eigenvalue weighted by molar-refractivity contribution is 6.33. The van der Waals surface area contributed by atoms with Gasteiger partial charge >= 0.3 is 0 Å². The van der Waals surface area contributed by atoms with Crippen LogP contribution in [0.1, 0.15) is 38.1 Å². The zero-order valence-corrected chi connectivity index (χ0v) is 13.0. The van der Waals surface area contributed by atoms with Gasteiger partial charge in [-0.1, -0.05) is 13.8 Å². The third-order valence-electron chi connectivity index (χ3n) is 2.71. The van der Waals surface area contributed by atoms with Gasteiger partial charge in [0.25, 0.3) is 0 Å². The molecule has 1 rings (SSSR count). The quantitative estimate of drug-likeness (QED) is 0.646. The molecule has 0 saturated carbocycles. The number of benzene rings is 1. The van der Waals surface area contributed by atoms with E-state index in [-0.39, 0.29) is 17.6 Å². The Morgan fingerprint density at radius 1 is 1.30 bits per heavy atom. The Morgan fingerprint density at radius 3 is 2.45 bits per heavy atom. The molecule has 1 unspecified atom stereocenters. The van der Waals surface area contributed by atoms with Gasteiger partial charge < -0.3 is 10.1 Å². The van der Waals surface area contributed by atoms with Crippen LogP contribution in [0.3, 0.4) is 0 Å². The molecule has 0 aliphatic heterocycles. The maximum Gasteiger partial charge on any atom is 0.227 e. The topological polar surface area (TPSA) is 55.4 Å². The fraction of sp³-hybridized carbons (Fsp3) is 0.467. The molecular formula is C15H20ClNO3. The third kappa shape index (κ3) is 4.23. The minimum absolute atomic E-state index is 0.101. The summed E-state index contributed by atoms with van der Waals surface area (Å²) in [5.41, 5.74) is 1.03. The molecule has 1 aromatic rings. The molecule has 0 aliphatic rings. The van der Waals surface area contributed by atoms with E-state index in [9.17, 15) is 9.59 Å². The zero-order chi connectivity index (χ0) is 15.3. The van der Waals surface area contributed by atoms with E-state index in [0.29, 0.717) is 23.6 Å². The Balaban J connectivity index is 3.07. The van der Waals surface area contributed by atoms with Crippen molar-refractivity contribution in [3.05, 3.63) is 23.8 Å². The SMILES string of the molecule is CCOc1cc(C(=O)C(C)Cl)ccc1NC(=O)C(C)C. The average molecular weight is 298 g/mol. The van der Waals surface area contributed by atoms with Crippen LogP contribution in [0, 0.1) is 5.92 Å². The largest absolute Gasteiger partial charge is 0.492 e. The highest BCUT2D eigenvalue weighted by Crippen LogP contribution is 2.27. The van der Waals surface area contributed by atoms with Crippen LogP contribution in [0.2, 0.25) is 0 Å². The molecule has 1 aromatic carbocycles. The summed E-state index contributed by atoms with van der Waals surface area (Å²) in [6.07, 6.45) is 0. The number of nitrogens with one attached hydrogen (secondary N) is 1. The van der Waals surface area contributed by atoms with Crippen molar-refractivity contribution in [2.45, 2.75) is 33.1 Å². The van der Waals surface area contributed by atoms with Crippen molar-refractivity contribution >= 4 is 29.0 Å². The smallest absolute Gasteiger partial charge is 0.227 e. The van der Waals surface area contributed by atoms with Gasteiger partial charge in [0.1, 0.15) is 5.75 Å². The standard InChI is InChI=1S/C15H20ClNO3/c1-5-20-13-8-11(14(18)10(4)16)6-7-12(13)17-15(19)9(2)3/h6-10H,5H2,1-4H3,(H,17,19). The lowest BCUT2D eigenvalue weighted by Crippen LogP contribution is -2.19. The van der Waals surface area contributed by atoms with E-state index in [1.165, 1.54) is 0 Å². The Labute approximate surface area is 124 Å². The number of anilines is 1. The molecular weight excluding hydrogens is 278 g/mol. The second-order valence-corrected chi connectivity index (χ2v) is 5.42. The van der Waals surface area contributed by atoms with Gasteiger partial charge in [-0.05, 0) is 32.0 Å². The van der Waals surface area contributed by atoms with Crippen LogP contribution in [0.15, 0.2) is 18.2 Å². The Morgan fingerprint density at radius 2 is 1.95 bits per heavy atom. The van der Waals surface area contributed by atoms with E-state index in [4.69, 9.17) is 16.3 Å². The first-order valence-electron chi connectivity index (χ1n) is 6.62. The number of halogens is 1. The number of rotatable bonds is 6. The van der Waals surface area contributed by atoms with Gasteiger partial charge in [0, 0.05) is 11.5 Å². The van der Waals surface area contributed by atoms with Crippen LogP contribution in [-0.4, -0.2) is 23.7 Å². The molecule has 1 atom stereocenters. The van der Waals surface area contributed by atoms with Gasteiger partial charge in [-0.25, -0.2) is 0 Å². The van der Waals surface area contributed by atoms with Crippen LogP contribution in [0.5, 0.6) is 5.75 Å². The van der Waals surface area contributed by atoms with Crippen molar-refractivity contribution in [3.63, 3.8) is 0 Å². The predicted octanol–water partition coefficient (Wildman–Crippen LogP) is 3.49. The van der Waals surface area contributed by atoms with Crippen molar-refractivity contribution in [2.24, 2.45) is 5.92 Å².